The van der Waals surface area contributed by atoms with Crippen molar-refractivity contribution in [3.8, 4) is 0 Å². The Bertz CT molecular complexity index is 381. The van der Waals surface area contributed by atoms with Gasteiger partial charge in [-0.05, 0) is 31.1 Å². The number of carboxylic acid groups (broad SMARTS) is 2. The van der Waals surface area contributed by atoms with Gasteiger partial charge in [-0.25, -0.2) is 0 Å². The zero-order valence-electron chi connectivity index (χ0n) is 18.3. The van der Waals surface area contributed by atoms with Gasteiger partial charge in [-0.1, -0.05) is 91.9 Å². The highest BCUT2D eigenvalue weighted by Crippen LogP contribution is 2.37. The molecule has 0 radical (unpaired) electrons. The number of hydrogen-bond acceptors (Lipinski definition) is 2. The largest absolute Gasteiger partial charge is 0.481 e. The van der Waals surface area contributed by atoms with Crippen molar-refractivity contribution in [2.24, 2.45) is 17.3 Å². The zero-order chi connectivity index (χ0) is 20.7. The molecule has 2 N–H and O–H groups in total. The van der Waals surface area contributed by atoms with Crippen molar-refractivity contribution < 1.29 is 19.8 Å². The number of carboxylic acids is 2. The first-order valence-corrected chi connectivity index (χ1v) is 11.1. The van der Waals surface area contributed by atoms with E-state index < -0.39 is 17.4 Å². The van der Waals surface area contributed by atoms with E-state index in [-0.39, 0.29) is 12.8 Å². The summed E-state index contributed by atoms with van der Waals surface area (Å²) in [6.07, 6.45) is 12.4. The minimum absolute atomic E-state index is 0.0486. The Morgan fingerprint density at radius 3 is 1.41 bits per heavy atom. The molecule has 0 aromatic rings. The van der Waals surface area contributed by atoms with Crippen LogP contribution < -0.4 is 0 Å². The van der Waals surface area contributed by atoms with Crippen molar-refractivity contribution in [3.05, 3.63) is 0 Å². The summed E-state index contributed by atoms with van der Waals surface area (Å²) in [6, 6.07) is 0. The molecule has 0 heterocycles. The second-order valence-electron chi connectivity index (χ2n) is 9.17. The Kier molecular flexibility index (Phi) is 14.3. The quantitative estimate of drug-likeness (QED) is 0.252. The Labute approximate surface area is 167 Å². The highest BCUT2D eigenvalue weighted by atomic mass is 16.4. The molecule has 0 rings (SSSR count). The molecule has 27 heavy (non-hydrogen) atoms. The summed E-state index contributed by atoms with van der Waals surface area (Å²) in [6.45, 7) is 8.90. The predicted octanol–water partition coefficient (Wildman–Crippen LogP) is 6.92. The lowest BCUT2D eigenvalue weighted by molar-refractivity contribution is -0.151. The average Bonchev–Trinajstić information content (AvgIpc) is 2.57. The average molecular weight is 385 g/mol. The maximum absolute atomic E-state index is 12.1. The van der Waals surface area contributed by atoms with Crippen molar-refractivity contribution in [1.82, 2.24) is 0 Å². The Morgan fingerprint density at radius 2 is 1.07 bits per heavy atom. The van der Waals surface area contributed by atoms with E-state index in [0.717, 1.165) is 50.4 Å². The normalized spacial score (nSPS) is 12.1. The second kappa shape index (κ2) is 14.9. The molecule has 0 aromatic heterocycles. The first-order chi connectivity index (χ1) is 12.7. The molecule has 4 nitrogen and oxygen atoms in total. The van der Waals surface area contributed by atoms with Crippen LogP contribution in [0, 0.1) is 17.3 Å². The standard InChI is InChI=1S/C23H44O4/c1-19(2)13-9-5-7-11-16-23(22(26)27,18-15-21(24)25)17-12-8-6-10-14-20(3)4/h19-20H,5-18H2,1-4H3,(H,24,25)(H,26,27). The van der Waals surface area contributed by atoms with Gasteiger partial charge >= 0.3 is 11.9 Å². The summed E-state index contributed by atoms with van der Waals surface area (Å²) in [7, 11) is 0. The highest BCUT2D eigenvalue weighted by molar-refractivity contribution is 5.76. The number of aliphatic carboxylic acids is 2. The highest BCUT2D eigenvalue weighted by Gasteiger charge is 2.37. The summed E-state index contributed by atoms with van der Waals surface area (Å²) in [4.78, 5) is 23.1. The number of rotatable bonds is 18. The van der Waals surface area contributed by atoms with Crippen LogP contribution in [0.25, 0.3) is 0 Å². The van der Waals surface area contributed by atoms with Gasteiger partial charge in [0.05, 0.1) is 5.41 Å². The fraction of sp³-hybridized carbons (Fsp3) is 0.913. The molecule has 0 fully saturated rings. The fourth-order valence-electron chi connectivity index (χ4n) is 3.78. The summed E-state index contributed by atoms with van der Waals surface area (Å²) in [5.74, 6) is -0.258. The third-order valence-corrected chi connectivity index (χ3v) is 5.64. The van der Waals surface area contributed by atoms with E-state index >= 15 is 0 Å². The second-order valence-corrected chi connectivity index (χ2v) is 9.17. The molecule has 0 aliphatic heterocycles. The molecule has 0 aliphatic rings. The summed E-state index contributed by atoms with van der Waals surface area (Å²) in [5.41, 5.74) is -0.853. The van der Waals surface area contributed by atoms with Gasteiger partial charge in [-0.15, -0.1) is 0 Å². The topological polar surface area (TPSA) is 74.6 Å². The van der Waals surface area contributed by atoms with Crippen LogP contribution in [-0.4, -0.2) is 22.2 Å². The Balaban J connectivity index is 4.49. The van der Waals surface area contributed by atoms with Crippen LogP contribution >= 0.6 is 0 Å². The van der Waals surface area contributed by atoms with Crippen LogP contribution in [0.3, 0.4) is 0 Å². The van der Waals surface area contributed by atoms with Crippen LogP contribution in [-0.2, 0) is 9.59 Å². The van der Waals surface area contributed by atoms with Crippen molar-refractivity contribution >= 4 is 11.9 Å². The number of carbonyl (C=O) groups is 2. The smallest absolute Gasteiger partial charge is 0.309 e. The van der Waals surface area contributed by atoms with Gasteiger partial charge in [0.25, 0.3) is 0 Å². The van der Waals surface area contributed by atoms with E-state index in [0.29, 0.717) is 12.8 Å². The van der Waals surface area contributed by atoms with Crippen molar-refractivity contribution in [2.45, 2.75) is 118 Å². The van der Waals surface area contributed by atoms with Crippen LogP contribution in [0.15, 0.2) is 0 Å². The van der Waals surface area contributed by atoms with E-state index in [1.54, 1.807) is 0 Å². The monoisotopic (exact) mass is 384 g/mol. The van der Waals surface area contributed by atoms with E-state index in [4.69, 9.17) is 5.11 Å². The summed E-state index contributed by atoms with van der Waals surface area (Å²) >= 11 is 0. The molecule has 0 bridgehead atoms. The zero-order valence-corrected chi connectivity index (χ0v) is 18.3. The first-order valence-electron chi connectivity index (χ1n) is 11.1. The Hall–Kier alpha value is -1.06. The number of unbranched alkanes of at least 4 members (excludes halogenated alkanes) is 6. The fourth-order valence-corrected chi connectivity index (χ4v) is 3.78. The molecular weight excluding hydrogens is 340 g/mol. The minimum atomic E-state index is -0.894. The maximum atomic E-state index is 12.1. The van der Waals surface area contributed by atoms with Gasteiger partial charge in [-0.2, -0.15) is 0 Å². The molecular formula is C23H44O4. The van der Waals surface area contributed by atoms with Crippen molar-refractivity contribution in [3.63, 3.8) is 0 Å². The van der Waals surface area contributed by atoms with Crippen LogP contribution in [0.5, 0.6) is 0 Å². The maximum Gasteiger partial charge on any atom is 0.309 e. The molecule has 0 saturated heterocycles. The molecule has 0 aliphatic carbocycles. The van der Waals surface area contributed by atoms with Gasteiger partial charge < -0.3 is 10.2 Å². The number of hydrogen-bond donors (Lipinski definition) is 2. The van der Waals surface area contributed by atoms with Gasteiger partial charge in [0.2, 0.25) is 0 Å². The molecule has 0 atom stereocenters. The predicted molar refractivity (Wildman–Crippen MR) is 112 cm³/mol. The summed E-state index contributed by atoms with van der Waals surface area (Å²) in [5, 5.41) is 18.9. The van der Waals surface area contributed by atoms with E-state index in [1.807, 2.05) is 0 Å². The summed E-state index contributed by atoms with van der Waals surface area (Å²) < 4.78 is 0. The lowest BCUT2D eigenvalue weighted by Gasteiger charge is -2.29. The minimum Gasteiger partial charge on any atom is -0.481 e. The van der Waals surface area contributed by atoms with Gasteiger partial charge in [0.15, 0.2) is 0 Å². The van der Waals surface area contributed by atoms with Gasteiger partial charge in [-0.3, -0.25) is 9.59 Å². The van der Waals surface area contributed by atoms with Crippen LogP contribution in [0.2, 0.25) is 0 Å². The molecule has 4 heteroatoms. The van der Waals surface area contributed by atoms with Crippen molar-refractivity contribution in [1.29, 1.82) is 0 Å². The van der Waals surface area contributed by atoms with Crippen LogP contribution in [0.4, 0.5) is 0 Å². The SMILES string of the molecule is CC(C)CCCCCCC(CCCCCCC(C)C)(CCC(=O)O)C(=O)O. The lowest BCUT2D eigenvalue weighted by atomic mass is 9.74. The molecule has 0 amide bonds. The van der Waals surface area contributed by atoms with E-state index in [2.05, 4.69) is 27.7 Å². The van der Waals surface area contributed by atoms with E-state index in [9.17, 15) is 14.7 Å². The van der Waals surface area contributed by atoms with Gasteiger partial charge in [0, 0.05) is 6.42 Å². The molecule has 0 saturated carbocycles. The molecule has 0 spiro atoms. The third-order valence-electron chi connectivity index (χ3n) is 5.64. The molecule has 160 valence electrons. The van der Waals surface area contributed by atoms with Gasteiger partial charge in [0.1, 0.15) is 0 Å². The van der Waals surface area contributed by atoms with Crippen LogP contribution in [0.1, 0.15) is 118 Å². The van der Waals surface area contributed by atoms with Crippen molar-refractivity contribution in [2.75, 3.05) is 0 Å². The molecule has 0 aromatic carbocycles. The molecule has 0 unspecified atom stereocenters. The lowest BCUT2D eigenvalue weighted by Crippen LogP contribution is -2.32. The first kappa shape index (κ1) is 25.9. The Morgan fingerprint density at radius 1 is 0.667 bits per heavy atom. The third kappa shape index (κ3) is 13.7. The van der Waals surface area contributed by atoms with E-state index in [1.165, 1.54) is 25.7 Å².